The molecule has 5 heteroatoms. The zero-order valence-corrected chi connectivity index (χ0v) is 21.4. The number of fused-ring (bicyclic) bond motifs is 2. The lowest BCUT2D eigenvalue weighted by atomic mass is 9.68. The third-order valence-electron chi connectivity index (χ3n) is 7.72. The Bertz CT molecular complexity index is 1370. The van der Waals surface area contributed by atoms with Crippen molar-refractivity contribution in [1.29, 1.82) is 10.5 Å². The van der Waals surface area contributed by atoms with Crippen LogP contribution in [0.25, 0.3) is 5.57 Å². The highest BCUT2D eigenvalue weighted by molar-refractivity contribution is 5.83. The maximum absolute atomic E-state index is 9.30. The smallest absolute Gasteiger partial charge is 0.140 e. The van der Waals surface area contributed by atoms with Gasteiger partial charge in [0.1, 0.15) is 40.7 Å². The molecule has 1 aromatic carbocycles. The van der Waals surface area contributed by atoms with E-state index in [1.165, 1.54) is 16.8 Å². The molecule has 0 fully saturated rings. The maximum Gasteiger partial charge on any atom is 0.140 e. The second-order valence-electron chi connectivity index (χ2n) is 11.2. The number of allylic oxidation sites excluding steroid dienone is 8. The molecule has 0 radical (unpaired) electrons. The van der Waals surface area contributed by atoms with E-state index in [1.54, 1.807) is 12.2 Å². The predicted molar refractivity (Wildman–Crippen MR) is 137 cm³/mol. The summed E-state index contributed by atoms with van der Waals surface area (Å²) in [6.45, 7) is 15.4. The number of anilines is 1. The maximum atomic E-state index is 9.30. The summed E-state index contributed by atoms with van der Waals surface area (Å²) in [4.78, 5) is 2.55. The molecule has 178 valence electrons. The fourth-order valence-electron chi connectivity index (χ4n) is 5.63. The van der Waals surface area contributed by atoms with Crippen molar-refractivity contribution in [2.24, 2.45) is 0 Å². The lowest BCUT2D eigenvalue weighted by Gasteiger charge is -2.49. The molecule has 35 heavy (non-hydrogen) atoms. The van der Waals surface area contributed by atoms with Crippen molar-refractivity contribution in [2.45, 2.75) is 65.2 Å². The van der Waals surface area contributed by atoms with Gasteiger partial charge in [-0.25, -0.2) is 0 Å². The number of nitrogens with zero attached hydrogens (tertiary/aromatic N) is 3. The Labute approximate surface area is 207 Å². The minimum Gasteiger partial charge on any atom is -0.462 e. The van der Waals surface area contributed by atoms with E-state index >= 15 is 0 Å². The van der Waals surface area contributed by atoms with Gasteiger partial charge in [0.15, 0.2) is 0 Å². The van der Waals surface area contributed by atoms with Crippen molar-refractivity contribution in [1.82, 2.24) is 0 Å². The molecule has 5 nitrogen and oxygen atoms in total. The summed E-state index contributed by atoms with van der Waals surface area (Å²) in [6, 6.07) is 6.27. The van der Waals surface area contributed by atoms with E-state index in [-0.39, 0.29) is 16.4 Å². The number of hydrogen-bond acceptors (Lipinski definition) is 5. The number of rotatable bonds is 1. The number of hydrogen-bond donors (Lipinski definition) is 0. The van der Waals surface area contributed by atoms with Gasteiger partial charge >= 0.3 is 0 Å². The lowest BCUT2D eigenvalue weighted by molar-refractivity contribution is 0.313. The summed E-state index contributed by atoms with van der Waals surface area (Å²) in [5.74, 6) is 2.79. The first kappa shape index (κ1) is 23.1. The quantitative estimate of drug-likeness (QED) is 0.432. The second kappa shape index (κ2) is 7.92. The molecular formula is C30H31N3O2. The normalized spacial score (nSPS) is 22.3. The van der Waals surface area contributed by atoms with E-state index in [0.29, 0.717) is 22.9 Å². The summed E-state index contributed by atoms with van der Waals surface area (Å²) < 4.78 is 12.5. The number of benzene rings is 1. The van der Waals surface area contributed by atoms with Gasteiger partial charge in [-0.1, -0.05) is 27.7 Å². The first-order valence-electron chi connectivity index (χ1n) is 12.2. The molecule has 1 aromatic rings. The molecule has 4 aliphatic heterocycles. The molecular weight excluding hydrogens is 434 g/mol. The van der Waals surface area contributed by atoms with Crippen LogP contribution in [0.15, 0.2) is 58.8 Å². The van der Waals surface area contributed by atoms with E-state index in [4.69, 9.17) is 9.47 Å². The van der Waals surface area contributed by atoms with Gasteiger partial charge in [0.25, 0.3) is 0 Å². The second-order valence-corrected chi connectivity index (χ2v) is 11.2. The lowest BCUT2D eigenvalue weighted by Crippen LogP contribution is -2.45. The first-order chi connectivity index (χ1) is 16.5. The molecule has 0 saturated heterocycles. The van der Waals surface area contributed by atoms with Crippen LogP contribution in [-0.4, -0.2) is 13.1 Å². The predicted octanol–water partition coefficient (Wildman–Crippen LogP) is 6.70. The third kappa shape index (κ3) is 3.76. The van der Waals surface area contributed by atoms with Crippen LogP contribution in [0, 0.1) is 22.7 Å². The Morgan fingerprint density at radius 1 is 0.971 bits per heavy atom. The number of nitriles is 2. The standard InChI is InChI=1S/C30H31N3O2/c1-18-11-22(14-23-13-20(12-19(2)34-23)21(16-31)17-32)35-28-24(18)15-25-27-26(28)30(5,6)8-10-33(27)9-7-29(25,3)4/h11-15H,7-10H2,1-6H3/b22-14+. The van der Waals surface area contributed by atoms with Gasteiger partial charge in [0.05, 0.1) is 0 Å². The topological polar surface area (TPSA) is 69.3 Å². The zero-order chi connectivity index (χ0) is 25.1. The SMILES string of the molecule is CC1=CC(=C(C#N)C#N)C=C(/C=C2\C=C(C)c3cc4c5c(c3O2)C(C)(C)CCN5CCC4(C)C)O1. The Kier molecular flexibility index (Phi) is 5.22. The van der Waals surface area contributed by atoms with Gasteiger partial charge in [0.2, 0.25) is 0 Å². The van der Waals surface area contributed by atoms with Crippen LogP contribution in [0.1, 0.15) is 71.1 Å². The monoisotopic (exact) mass is 465 g/mol. The molecule has 0 atom stereocenters. The average Bonchev–Trinajstić information content (AvgIpc) is 2.77. The molecule has 0 spiro atoms. The van der Waals surface area contributed by atoms with Crippen LogP contribution in [0.3, 0.4) is 0 Å². The van der Waals surface area contributed by atoms with Crippen LogP contribution in [-0.2, 0) is 15.6 Å². The van der Waals surface area contributed by atoms with Gasteiger partial charge in [-0.3, -0.25) is 0 Å². The average molecular weight is 466 g/mol. The van der Waals surface area contributed by atoms with Crippen LogP contribution in [0.4, 0.5) is 5.69 Å². The molecule has 0 aromatic heterocycles. The molecule has 5 rings (SSSR count). The molecule has 0 aliphatic carbocycles. The van der Waals surface area contributed by atoms with E-state index in [2.05, 4.69) is 45.6 Å². The fraction of sp³-hybridized carbons (Fsp3) is 0.400. The number of ether oxygens (including phenoxy) is 2. The minimum absolute atomic E-state index is 0.00753. The van der Waals surface area contributed by atoms with Crippen LogP contribution in [0.5, 0.6) is 5.75 Å². The van der Waals surface area contributed by atoms with Gasteiger partial charge in [0, 0.05) is 41.6 Å². The van der Waals surface area contributed by atoms with Crippen molar-refractivity contribution >= 4 is 11.3 Å². The van der Waals surface area contributed by atoms with E-state index in [0.717, 1.165) is 42.8 Å². The largest absolute Gasteiger partial charge is 0.462 e. The van der Waals surface area contributed by atoms with Crippen LogP contribution >= 0.6 is 0 Å². The highest BCUT2D eigenvalue weighted by Gasteiger charge is 2.43. The van der Waals surface area contributed by atoms with Crippen molar-refractivity contribution in [2.75, 3.05) is 18.0 Å². The fourth-order valence-corrected chi connectivity index (χ4v) is 5.63. The van der Waals surface area contributed by atoms with Crippen LogP contribution in [0.2, 0.25) is 0 Å². The summed E-state index contributed by atoms with van der Waals surface area (Å²) in [6.07, 6.45) is 9.54. The van der Waals surface area contributed by atoms with Crippen molar-refractivity contribution in [3.05, 3.63) is 75.5 Å². The van der Waals surface area contributed by atoms with Crippen LogP contribution < -0.4 is 9.64 Å². The third-order valence-corrected chi connectivity index (χ3v) is 7.72. The van der Waals surface area contributed by atoms with Crippen molar-refractivity contribution < 1.29 is 9.47 Å². The summed E-state index contributed by atoms with van der Waals surface area (Å²) in [5.41, 5.74) is 7.11. The molecule has 0 saturated carbocycles. The minimum atomic E-state index is -0.00753. The molecule has 0 amide bonds. The van der Waals surface area contributed by atoms with Crippen molar-refractivity contribution in [3.8, 4) is 17.9 Å². The first-order valence-corrected chi connectivity index (χ1v) is 12.2. The Hall–Kier alpha value is -3.70. The Morgan fingerprint density at radius 3 is 2.34 bits per heavy atom. The molecule has 0 unspecified atom stereocenters. The molecule has 0 N–H and O–H groups in total. The summed E-state index contributed by atoms with van der Waals surface area (Å²) >= 11 is 0. The Morgan fingerprint density at radius 2 is 1.66 bits per heavy atom. The van der Waals surface area contributed by atoms with E-state index in [9.17, 15) is 10.5 Å². The zero-order valence-electron chi connectivity index (χ0n) is 21.4. The van der Waals surface area contributed by atoms with Gasteiger partial charge < -0.3 is 14.4 Å². The highest BCUT2D eigenvalue weighted by atomic mass is 16.5. The van der Waals surface area contributed by atoms with Gasteiger partial charge in [-0.15, -0.1) is 0 Å². The van der Waals surface area contributed by atoms with Crippen molar-refractivity contribution in [3.63, 3.8) is 0 Å². The van der Waals surface area contributed by atoms with Gasteiger partial charge in [-0.05, 0) is 73.0 Å². The Balaban J connectivity index is 1.66. The highest BCUT2D eigenvalue weighted by Crippen LogP contribution is 2.55. The van der Waals surface area contributed by atoms with E-state index < -0.39 is 0 Å². The van der Waals surface area contributed by atoms with Gasteiger partial charge in [-0.2, -0.15) is 10.5 Å². The summed E-state index contributed by atoms with van der Waals surface area (Å²) in [5, 5.41) is 18.6. The molecule has 0 bridgehead atoms. The molecule has 4 heterocycles. The molecule has 4 aliphatic rings. The van der Waals surface area contributed by atoms with E-state index in [1.807, 2.05) is 31.2 Å². The summed E-state index contributed by atoms with van der Waals surface area (Å²) in [7, 11) is 0.